The van der Waals surface area contributed by atoms with Gasteiger partial charge in [-0.1, -0.05) is 6.07 Å². The fourth-order valence-electron chi connectivity index (χ4n) is 1.95. The highest BCUT2D eigenvalue weighted by Gasteiger charge is 2.05. The largest absolute Gasteiger partial charge is 0.464 e. The zero-order chi connectivity index (χ0) is 13.0. The van der Waals surface area contributed by atoms with Crippen molar-refractivity contribution in [3.05, 3.63) is 45.8 Å². The van der Waals surface area contributed by atoms with Crippen molar-refractivity contribution in [3.8, 4) is 0 Å². The molecule has 4 nitrogen and oxygen atoms in total. The zero-order valence-electron chi connectivity index (χ0n) is 10.7. The van der Waals surface area contributed by atoms with Gasteiger partial charge < -0.3 is 14.5 Å². The monoisotopic (exact) mass is 247 g/mol. The number of nitrogens with one attached hydrogen (secondary N) is 1. The first-order valence-electron chi connectivity index (χ1n) is 5.93. The van der Waals surface area contributed by atoms with E-state index >= 15 is 0 Å². The number of hydrogen-bond acceptors (Lipinski definition) is 4. The molecule has 0 unspecified atom stereocenters. The molecule has 96 valence electrons. The highest BCUT2D eigenvalue weighted by molar-refractivity contribution is 5.80. The van der Waals surface area contributed by atoms with E-state index in [9.17, 15) is 4.79 Å². The molecule has 0 aliphatic rings. The Morgan fingerprint density at radius 2 is 2.22 bits per heavy atom. The topological polar surface area (TPSA) is 51.5 Å². The SMILES string of the molecule is COCCNCc1cc(C)c2occc(=O)c2c1. The number of fused-ring (bicyclic) bond motifs is 1. The molecule has 1 N–H and O–H groups in total. The van der Waals surface area contributed by atoms with Crippen LogP contribution >= 0.6 is 0 Å². The number of hydrogen-bond donors (Lipinski definition) is 1. The van der Waals surface area contributed by atoms with Crippen LogP contribution in [0, 0.1) is 6.92 Å². The molecular weight excluding hydrogens is 230 g/mol. The van der Waals surface area contributed by atoms with Crippen LogP contribution < -0.4 is 10.7 Å². The van der Waals surface area contributed by atoms with Gasteiger partial charge in [-0.15, -0.1) is 0 Å². The highest BCUT2D eigenvalue weighted by atomic mass is 16.5. The lowest BCUT2D eigenvalue weighted by Gasteiger charge is -2.07. The van der Waals surface area contributed by atoms with Crippen molar-refractivity contribution in [2.45, 2.75) is 13.5 Å². The fraction of sp³-hybridized carbons (Fsp3) is 0.357. The molecule has 0 bridgehead atoms. The van der Waals surface area contributed by atoms with Crippen molar-refractivity contribution >= 4 is 11.0 Å². The van der Waals surface area contributed by atoms with E-state index in [1.807, 2.05) is 19.1 Å². The summed E-state index contributed by atoms with van der Waals surface area (Å²) in [5, 5.41) is 3.90. The van der Waals surface area contributed by atoms with Gasteiger partial charge in [-0.05, 0) is 24.1 Å². The molecule has 0 saturated heterocycles. The van der Waals surface area contributed by atoms with Crippen LogP contribution in [0.5, 0.6) is 0 Å². The van der Waals surface area contributed by atoms with Gasteiger partial charge in [-0.2, -0.15) is 0 Å². The fourth-order valence-corrected chi connectivity index (χ4v) is 1.95. The highest BCUT2D eigenvalue weighted by Crippen LogP contribution is 2.17. The van der Waals surface area contributed by atoms with Gasteiger partial charge >= 0.3 is 0 Å². The summed E-state index contributed by atoms with van der Waals surface area (Å²) in [5.74, 6) is 0. The molecule has 1 heterocycles. The first kappa shape index (κ1) is 12.8. The molecule has 0 atom stereocenters. The summed E-state index contributed by atoms with van der Waals surface area (Å²) in [6.07, 6.45) is 1.44. The van der Waals surface area contributed by atoms with E-state index in [1.54, 1.807) is 7.11 Å². The Kier molecular flexibility index (Phi) is 4.12. The van der Waals surface area contributed by atoms with E-state index in [4.69, 9.17) is 9.15 Å². The summed E-state index contributed by atoms with van der Waals surface area (Å²) >= 11 is 0. The molecule has 0 fully saturated rings. The number of aryl methyl sites for hydroxylation is 1. The van der Waals surface area contributed by atoms with Crippen molar-refractivity contribution in [3.63, 3.8) is 0 Å². The molecule has 2 rings (SSSR count). The summed E-state index contributed by atoms with van der Waals surface area (Å²) in [6, 6.07) is 5.36. The van der Waals surface area contributed by atoms with Crippen molar-refractivity contribution in [1.82, 2.24) is 5.32 Å². The summed E-state index contributed by atoms with van der Waals surface area (Å²) < 4.78 is 10.3. The van der Waals surface area contributed by atoms with Gasteiger partial charge in [0.15, 0.2) is 5.43 Å². The zero-order valence-corrected chi connectivity index (χ0v) is 10.7. The minimum absolute atomic E-state index is 0.00177. The van der Waals surface area contributed by atoms with Gasteiger partial charge in [0, 0.05) is 26.3 Å². The first-order valence-corrected chi connectivity index (χ1v) is 5.93. The summed E-state index contributed by atoms with van der Waals surface area (Å²) in [7, 11) is 1.67. The van der Waals surface area contributed by atoms with Gasteiger partial charge in [0.2, 0.25) is 0 Å². The van der Waals surface area contributed by atoms with Gasteiger partial charge in [0.05, 0.1) is 18.3 Å². The van der Waals surface area contributed by atoms with Crippen LogP contribution in [0.4, 0.5) is 0 Å². The molecule has 0 radical (unpaired) electrons. The van der Waals surface area contributed by atoms with E-state index in [-0.39, 0.29) is 5.43 Å². The number of ether oxygens (including phenoxy) is 1. The van der Waals surface area contributed by atoms with Crippen molar-refractivity contribution in [1.29, 1.82) is 0 Å². The van der Waals surface area contributed by atoms with Crippen LogP contribution in [0.3, 0.4) is 0 Å². The molecule has 0 aliphatic carbocycles. The van der Waals surface area contributed by atoms with Crippen molar-refractivity contribution < 1.29 is 9.15 Å². The van der Waals surface area contributed by atoms with Crippen LogP contribution in [-0.4, -0.2) is 20.3 Å². The molecule has 18 heavy (non-hydrogen) atoms. The van der Waals surface area contributed by atoms with Gasteiger partial charge in [-0.25, -0.2) is 0 Å². The lowest BCUT2D eigenvalue weighted by molar-refractivity contribution is 0.199. The summed E-state index contributed by atoms with van der Waals surface area (Å²) in [5.41, 5.74) is 2.73. The van der Waals surface area contributed by atoms with Gasteiger partial charge in [0.25, 0.3) is 0 Å². The lowest BCUT2D eigenvalue weighted by atomic mass is 10.1. The smallest absolute Gasteiger partial charge is 0.192 e. The molecular formula is C14H17NO3. The van der Waals surface area contributed by atoms with E-state index in [1.165, 1.54) is 12.3 Å². The second-order valence-electron chi connectivity index (χ2n) is 4.24. The van der Waals surface area contributed by atoms with Crippen LogP contribution in [0.25, 0.3) is 11.0 Å². The average molecular weight is 247 g/mol. The van der Waals surface area contributed by atoms with E-state index in [2.05, 4.69) is 5.32 Å². The Hall–Kier alpha value is -1.65. The second-order valence-corrected chi connectivity index (χ2v) is 4.24. The first-order chi connectivity index (χ1) is 8.72. The lowest BCUT2D eigenvalue weighted by Crippen LogP contribution is -2.18. The van der Waals surface area contributed by atoms with Crippen LogP contribution in [0.2, 0.25) is 0 Å². The van der Waals surface area contributed by atoms with E-state index in [0.29, 0.717) is 24.1 Å². The molecule has 0 saturated carbocycles. The van der Waals surface area contributed by atoms with Gasteiger partial charge in [0.1, 0.15) is 5.58 Å². The maximum Gasteiger partial charge on any atom is 0.192 e. The molecule has 4 heteroatoms. The minimum Gasteiger partial charge on any atom is -0.464 e. The Morgan fingerprint density at radius 1 is 1.39 bits per heavy atom. The number of rotatable bonds is 5. The maximum absolute atomic E-state index is 11.8. The van der Waals surface area contributed by atoms with Crippen LogP contribution in [-0.2, 0) is 11.3 Å². The normalized spacial score (nSPS) is 11.0. The second kappa shape index (κ2) is 5.80. The predicted molar refractivity (Wildman–Crippen MR) is 70.8 cm³/mol. The molecule has 0 aliphatic heterocycles. The third kappa shape index (κ3) is 2.78. The van der Waals surface area contributed by atoms with E-state index in [0.717, 1.165) is 17.7 Å². The molecule has 2 aromatic rings. The molecule has 1 aromatic heterocycles. The molecule has 0 spiro atoms. The number of benzene rings is 1. The maximum atomic E-state index is 11.8. The third-order valence-corrected chi connectivity index (χ3v) is 2.82. The number of methoxy groups -OCH3 is 1. The minimum atomic E-state index is -0.00177. The molecule has 0 amide bonds. The Labute approximate surface area is 106 Å². The standard InChI is InChI=1S/C14H17NO3/c1-10-7-11(9-15-4-6-17-2)8-12-13(16)3-5-18-14(10)12/h3,5,7-8,15H,4,6,9H2,1-2H3. The quantitative estimate of drug-likeness (QED) is 0.819. The van der Waals surface area contributed by atoms with Gasteiger partial charge in [-0.3, -0.25) is 4.79 Å². The Balaban J connectivity index is 2.25. The van der Waals surface area contributed by atoms with Crippen LogP contribution in [0.1, 0.15) is 11.1 Å². The van der Waals surface area contributed by atoms with E-state index < -0.39 is 0 Å². The third-order valence-electron chi connectivity index (χ3n) is 2.82. The summed E-state index contributed by atoms with van der Waals surface area (Å²) in [6.45, 7) is 4.13. The van der Waals surface area contributed by atoms with Crippen LogP contribution in [0.15, 0.2) is 33.7 Å². The Bertz CT molecular complexity index is 589. The average Bonchev–Trinajstić information content (AvgIpc) is 2.36. The van der Waals surface area contributed by atoms with Crippen molar-refractivity contribution in [2.24, 2.45) is 0 Å². The van der Waals surface area contributed by atoms with Crippen molar-refractivity contribution in [2.75, 3.05) is 20.3 Å². The summed E-state index contributed by atoms with van der Waals surface area (Å²) in [4.78, 5) is 11.8. The predicted octanol–water partition coefficient (Wildman–Crippen LogP) is 1.84. The molecule has 1 aromatic carbocycles. The Morgan fingerprint density at radius 3 is 3.00 bits per heavy atom.